The smallest absolute Gasteiger partial charge is 0.407 e. The Kier molecular flexibility index (Phi) is 20.7. The van der Waals surface area contributed by atoms with Crippen molar-refractivity contribution in [2.45, 2.75) is 111 Å². The Morgan fingerprint density at radius 3 is 1.94 bits per heavy atom. The van der Waals surface area contributed by atoms with Crippen molar-refractivity contribution >= 4 is 41.4 Å². The van der Waals surface area contributed by atoms with Crippen molar-refractivity contribution in [1.29, 1.82) is 0 Å². The summed E-state index contributed by atoms with van der Waals surface area (Å²) >= 11 is 1.53. The topological polar surface area (TPSA) is 169 Å². The van der Waals surface area contributed by atoms with Gasteiger partial charge in [-0.05, 0) is 74.5 Å². The lowest BCUT2D eigenvalue weighted by molar-refractivity contribution is -0.134. The van der Waals surface area contributed by atoms with E-state index >= 15 is 0 Å². The first-order chi connectivity index (χ1) is 22.3. The van der Waals surface area contributed by atoms with E-state index in [0.29, 0.717) is 44.4 Å². The van der Waals surface area contributed by atoms with E-state index in [-0.39, 0.29) is 36.6 Å². The second-order valence-electron chi connectivity index (χ2n) is 13.0. The van der Waals surface area contributed by atoms with Crippen LogP contribution >= 0.6 is 11.8 Å². The summed E-state index contributed by atoms with van der Waals surface area (Å²) in [5, 5.41) is 11.3. The number of carbonyl (C=O) groups excluding carboxylic acids is 5. The molecule has 5 atom stereocenters. The molecule has 6 N–H and O–H groups in total. The van der Waals surface area contributed by atoms with Crippen LogP contribution in [0.3, 0.4) is 0 Å². The van der Waals surface area contributed by atoms with Crippen molar-refractivity contribution < 1.29 is 28.7 Å². The first-order valence-electron chi connectivity index (χ1n) is 16.9. The number of Topliss-reactive ketones (excluding diaryl/α,β-unsaturated/α-hetero) is 1. The first kappa shape index (κ1) is 41.9. The summed E-state index contributed by atoms with van der Waals surface area (Å²) < 4.78 is 5.23. The minimum Gasteiger partial charge on any atom is -0.449 e. The molecule has 5 unspecified atom stereocenters. The number of thioether (sulfide) groups is 1. The number of unbranched alkanes of at least 4 members (excludes halogenated alkanes) is 1. The normalized spacial score (nSPS) is 14.4. The van der Waals surface area contributed by atoms with Gasteiger partial charge in [0.15, 0.2) is 5.78 Å². The molecule has 0 radical (unpaired) electrons. The second-order valence-corrected chi connectivity index (χ2v) is 14.0. The van der Waals surface area contributed by atoms with Gasteiger partial charge in [-0.3, -0.25) is 19.2 Å². The summed E-state index contributed by atoms with van der Waals surface area (Å²) in [4.78, 5) is 66.8. The molecule has 1 aromatic carbocycles. The number of benzene rings is 1. The largest absolute Gasteiger partial charge is 0.449 e. The molecule has 0 aromatic heterocycles. The average molecular weight is 678 g/mol. The fourth-order valence-corrected chi connectivity index (χ4v) is 5.30. The first-order valence-corrected chi connectivity index (χ1v) is 18.3. The van der Waals surface area contributed by atoms with E-state index in [9.17, 15) is 24.0 Å². The lowest BCUT2D eigenvalue weighted by atomic mass is 9.93. The molecule has 0 fully saturated rings. The minimum atomic E-state index is -1.00. The van der Waals surface area contributed by atoms with Crippen LogP contribution in [0.4, 0.5) is 4.79 Å². The van der Waals surface area contributed by atoms with Crippen molar-refractivity contribution in [2.75, 3.05) is 25.2 Å². The standard InChI is InChI=1S/C35H59N5O6S/c1-8-25(6)31(41)27(16-12-13-18-36)37-34(44)30(21-26-14-10-9-11-15-26)39-33(43)29(20-23(2)3)38-32(42)28(17-19-47-7)40-35(45)46-22-24(4)5/h9-11,14-15,23-25,27-30H,8,12-13,16-22,36H2,1-7H3,(H,37,44)(H,38,42)(H,39,43)(H,40,45). The van der Waals surface area contributed by atoms with Gasteiger partial charge in [0.05, 0.1) is 12.6 Å². The van der Waals surface area contributed by atoms with Gasteiger partial charge in [0.25, 0.3) is 0 Å². The van der Waals surface area contributed by atoms with Gasteiger partial charge in [-0.1, -0.05) is 71.9 Å². The minimum absolute atomic E-state index is 0.0288. The van der Waals surface area contributed by atoms with Gasteiger partial charge >= 0.3 is 6.09 Å². The van der Waals surface area contributed by atoms with Crippen molar-refractivity contribution in [1.82, 2.24) is 21.3 Å². The maximum absolute atomic E-state index is 13.8. The summed E-state index contributed by atoms with van der Waals surface area (Å²) in [6.07, 6.45) is 4.54. The van der Waals surface area contributed by atoms with Crippen molar-refractivity contribution in [3.8, 4) is 0 Å². The van der Waals surface area contributed by atoms with Gasteiger partial charge in [0.1, 0.15) is 18.1 Å². The summed E-state index contributed by atoms with van der Waals surface area (Å²) in [5.41, 5.74) is 6.50. The van der Waals surface area contributed by atoms with Gasteiger partial charge in [0, 0.05) is 12.3 Å². The van der Waals surface area contributed by atoms with Crippen LogP contribution in [0.5, 0.6) is 0 Å². The summed E-state index contributed by atoms with van der Waals surface area (Å²) in [6.45, 7) is 12.2. The van der Waals surface area contributed by atoms with Crippen LogP contribution in [0.25, 0.3) is 0 Å². The Morgan fingerprint density at radius 2 is 1.36 bits per heavy atom. The number of hydrogen-bond donors (Lipinski definition) is 5. The van der Waals surface area contributed by atoms with Crippen LogP contribution in [0.15, 0.2) is 30.3 Å². The summed E-state index contributed by atoms with van der Waals surface area (Å²) in [6, 6.07) is 5.71. The Bertz CT molecular complexity index is 1100. The van der Waals surface area contributed by atoms with E-state index in [0.717, 1.165) is 12.0 Å². The molecule has 0 bridgehead atoms. The van der Waals surface area contributed by atoms with Crippen LogP contribution < -0.4 is 27.0 Å². The molecule has 12 heteroatoms. The van der Waals surface area contributed by atoms with Crippen LogP contribution in [0, 0.1) is 17.8 Å². The molecule has 0 aliphatic carbocycles. The molecule has 0 saturated carbocycles. The van der Waals surface area contributed by atoms with E-state index < -0.39 is 48.0 Å². The van der Waals surface area contributed by atoms with E-state index in [2.05, 4.69) is 21.3 Å². The van der Waals surface area contributed by atoms with Crippen LogP contribution in [0.2, 0.25) is 0 Å². The van der Waals surface area contributed by atoms with Crippen molar-refractivity contribution in [3.63, 3.8) is 0 Å². The zero-order chi connectivity index (χ0) is 35.4. The van der Waals surface area contributed by atoms with E-state index in [1.165, 1.54) is 11.8 Å². The number of amides is 4. The monoisotopic (exact) mass is 677 g/mol. The van der Waals surface area contributed by atoms with E-state index in [4.69, 9.17) is 10.5 Å². The van der Waals surface area contributed by atoms with Crippen molar-refractivity contribution in [3.05, 3.63) is 35.9 Å². The van der Waals surface area contributed by atoms with Crippen molar-refractivity contribution in [2.24, 2.45) is 23.5 Å². The Labute approximate surface area is 286 Å². The highest BCUT2D eigenvalue weighted by Gasteiger charge is 2.32. The number of rotatable bonds is 23. The lowest BCUT2D eigenvalue weighted by Crippen LogP contribution is -2.58. The third kappa shape index (κ3) is 17.0. The Morgan fingerprint density at radius 1 is 0.766 bits per heavy atom. The predicted molar refractivity (Wildman–Crippen MR) is 189 cm³/mol. The Hall–Kier alpha value is -3.12. The Balaban J connectivity index is 3.26. The zero-order valence-electron chi connectivity index (χ0n) is 29.4. The molecule has 0 aliphatic rings. The summed E-state index contributed by atoms with van der Waals surface area (Å²) in [7, 11) is 0. The number of nitrogens with one attached hydrogen (secondary N) is 4. The molecule has 0 aliphatic heterocycles. The number of ketones is 1. The van der Waals surface area contributed by atoms with Crippen LogP contribution in [-0.2, 0) is 30.3 Å². The highest BCUT2D eigenvalue weighted by Crippen LogP contribution is 2.13. The molecule has 0 heterocycles. The molecular formula is C35H59N5O6S. The zero-order valence-corrected chi connectivity index (χ0v) is 30.3. The van der Waals surface area contributed by atoms with Gasteiger partial charge in [-0.15, -0.1) is 0 Å². The SMILES string of the molecule is CCC(C)C(=O)C(CCCCN)NC(=O)C(Cc1ccccc1)NC(=O)C(CC(C)C)NC(=O)C(CCSC)NC(=O)OCC(C)C. The van der Waals surface area contributed by atoms with E-state index in [1.807, 2.05) is 78.1 Å². The maximum Gasteiger partial charge on any atom is 0.407 e. The lowest BCUT2D eigenvalue weighted by Gasteiger charge is -2.28. The molecule has 0 saturated heterocycles. The molecular weight excluding hydrogens is 618 g/mol. The van der Waals surface area contributed by atoms with Gasteiger partial charge in [-0.2, -0.15) is 11.8 Å². The fourth-order valence-electron chi connectivity index (χ4n) is 4.83. The molecule has 1 rings (SSSR count). The van der Waals surface area contributed by atoms with Gasteiger partial charge < -0.3 is 31.7 Å². The number of ether oxygens (including phenoxy) is 1. The van der Waals surface area contributed by atoms with Gasteiger partial charge in [0.2, 0.25) is 17.7 Å². The number of carbonyl (C=O) groups is 5. The highest BCUT2D eigenvalue weighted by atomic mass is 32.2. The van der Waals surface area contributed by atoms with Gasteiger partial charge in [-0.25, -0.2) is 4.79 Å². The predicted octanol–water partition coefficient (Wildman–Crippen LogP) is 3.98. The molecule has 4 amide bonds. The average Bonchev–Trinajstić information content (AvgIpc) is 3.03. The summed E-state index contributed by atoms with van der Waals surface area (Å²) in [5.74, 6) is -1.03. The maximum atomic E-state index is 13.8. The molecule has 266 valence electrons. The van der Waals surface area contributed by atoms with Crippen LogP contribution in [-0.4, -0.2) is 78.9 Å². The second kappa shape index (κ2) is 23.2. The highest BCUT2D eigenvalue weighted by molar-refractivity contribution is 7.98. The molecule has 0 spiro atoms. The third-order valence-electron chi connectivity index (χ3n) is 7.73. The number of nitrogens with two attached hydrogens (primary N) is 1. The fraction of sp³-hybridized carbons (Fsp3) is 0.686. The molecule has 47 heavy (non-hydrogen) atoms. The third-order valence-corrected chi connectivity index (χ3v) is 8.37. The molecule has 1 aromatic rings. The van der Waals surface area contributed by atoms with Crippen LogP contribution in [0.1, 0.15) is 85.6 Å². The quantitative estimate of drug-likeness (QED) is 0.108. The number of hydrogen-bond acceptors (Lipinski definition) is 8. The van der Waals surface area contributed by atoms with E-state index in [1.54, 1.807) is 0 Å². The molecule has 11 nitrogen and oxygen atoms in total. The number of alkyl carbamates (subject to hydrolysis) is 1.